The fraction of sp³-hybridized carbons (Fsp3) is 0.556. The van der Waals surface area contributed by atoms with Crippen molar-refractivity contribution < 1.29 is 22.8 Å². The van der Waals surface area contributed by atoms with E-state index in [1.165, 1.54) is 18.2 Å². The third-order valence-corrected chi connectivity index (χ3v) is 5.57. The van der Waals surface area contributed by atoms with Crippen molar-refractivity contribution in [2.75, 3.05) is 20.6 Å². The Balaban J connectivity index is 1.83. The van der Waals surface area contributed by atoms with Crippen LogP contribution in [0.1, 0.15) is 25.8 Å². The van der Waals surface area contributed by atoms with Gasteiger partial charge in [0.2, 0.25) is 1.43 Å². The average Bonchev–Trinajstić information content (AvgIpc) is 3.00. The number of piperidine rings is 1. The lowest BCUT2D eigenvalue weighted by Crippen LogP contribution is -2.64. The first kappa shape index (κ1) is 7.84. The zero-order valence-electron chi connectivity index (χ0n) is 19.2. The Morgan fingerprint density at radius 1 is 1.55 bits per heavy atom. The Labute approximate surface area is 140 Å². The smallest absolute Gasteiger partial charge is 0.211 e. The first-order valence-electron chi connectivity index (χ1n) is 10.9. The number of hydrogen-bond acceptors (Lipinski definition) is 4. The Morgan fingerprint density at radius 3 is 3.36 bits per heavy atom. The van der Waals surface area contributed by atoms with E-state index in [1.807, 2.05) is 11.9 Å². The first-order chi connectivity index (χ1) is 13.4. The highest BCUT2D eigenvalue weighted by atomic mass is 16.5. The van der Waals surface area contributed by atoms with Crippen LogP contribution in [0, 0.1) is 5.89 Å². The molecule has 0 radical (unpaired) electrons. The highest BCUT2D eigenvalue weighted by Crippen LogP contribution is 2.62. The summed E-state index contributed by atoms with van der Waals surface area (Å²) in [7, 11) is -0.878. The summed E-state index contributed by atoms with van der Waals surface area (Å²) in [6.07, 6.45) is 0.504. The van der Waals surface area contributed by atoms with Crippen LogP contribution in [0.4, 0.5) is 0 Å². The number of likely N-dealkylation sites (tertiary alicyclic amines) is 1. The lowest BCUT2D eigenvalue weighted by molar-refractivity contribution is -0.0453. The molecule has 1 spiro atoms. The van der Waals surface area contributed by atoms with Gasteiger partial charge in [-0.15, -0.1) is 0 Å². The van der Waals surface area contributed by atoms with E-state index in [1.54, 1.807) is 6.07 Å². The Hall–Kier alpha value is -1.52. The van der Waals surface area contributed by atoms with Crippen LogP contribution in [0.5, 0.6) is 11.5 Å². The molecule has 0 saturated carbocycles. The van der Waals surface area contributed by atoms with E-state index in [9.17, 15) is 2.74 Å². The van der Waals surface area contributed by atoms with E-state index in [0.717, 1.165) is 5.56 Å². The SMILES string of the molecule is [2H]OC1([2H])C=C[C@]2([2H])[C@@]34CCN(C)[C@]2([2H])Cc2ccc(OC([2H])([2H])[2H])c(c23)OC14. The summed E-state index contributed by atoms with van der Waals surface area (Å²) in [5.74, 6) is -1.28. The first-order valence-corrected chi connectivity index (χ1v) is 7.50. The molecule has 2 unspecified atom stereocenters. The molecule has 116 valence electrons. The van der Waals surface area contributed by atoms with Gasteiger partial charge in [0.1, 0.15) is 12.2 Å². The molecule has 0 amide bonds. The molecule has 5 rings (SSSR count). The third kappa shape index (κ3) is 1.28. The Bertz CT molecular complexity index is 939. The molecule has 22 heavy (non-hydrogen) atoms. The van der Waals surface area contributed by atoms with Crippen molar-refractivity contribution in [3.8, 4) is 11.5 Å². The predicted molar refractivity (Wildman–Crippen MR) is 82.5 cm³/mol. The lowest BCUT2D eigenvalue weighted by atomic mass is 9.53. The molecular formula is C18H21NO3. The van der Waals surface area contributed by atoms with Gasteiger partial charge in [-0.3, -0.25) is 0 Å². The van der Waals surface area contributed by atoms with Gasteiger partial charge in [-0.05, 0) is 38.1 Å². The number of likely N-dealkylation sites (N-methyl/N-ethyl adjacent to an activating group) is 1. The van der Waals surface area contributed by atoms with Crippen LogP contribution < -0.4 is 9.47 Å². The van der Waals surface area contributed by atoms with Crippen molar-refractivity contribution >= 4 is 0 Å². The number of methoxy groups -OCH3 is 1. The van der Waals surface area contributed by atoms with Crippen molar-refractivity contribution in [2.45, 2.75) is 36.5 Å². The van der Waals surface area contributed by atoms with Crippen molar-refractivity contribution in [1.29, 1.82) is 1.43 Å². The molecule has 4 heteroatoms. The van der Waals surface area contributed by atoms with Crippen LogP contribution in [0.2, 0.25) is 0 Å². The van der Waals surface area contributed by atoms with Crippen LogP contribution in [0.3, 0.4) is 0 Å². The lowest BCUT2D eigenvalue weighted by Gasteiger charge is -2.56. The molecule has 2 bridgehead atoms. The van der Waals surface area contributed by atoms with Crippen molar-refractivity contribution in [3.63, 3.8) is 0 Å². The second-order valence-corrected chi connectivity index (χ2v) is 6.44. The van der Waals surface area contributed by atoms with E-state index in [-0.39, 0.29) is 17.9 Å². The Morgan fingerprint density at radius 2 is 2.50 bits per heavy atom. The molecule has 5 atom stereocenters. The van der Waals surface area contributed by atoms with Crippen molar-refractivity contribution in [2.24, 2.45) is 5.89 Å². The third-order valence-electron chi connectivity index (χ3n) is 5.57. The number of nitrogens with zero attached hydrogens (tertiary/aromatic N) is 1. The normalized spacial score (nSPS) is 56.2. The van der Waals surface area contributed by atoms with Gasteiger partial charge in [-0.1, -0.05) is 18.2 Å². The van der Waals surface area contributed by atoms with Gasteiger partial charge in [-0.2, -0.15) is 0 Å². The molecule has 1 aromatic carbocycles. The van der Waals surface area contributed by atoms with Gasteiger partial charge in [0.25, 0.3) is 0 Å². The zero-order chi connectivity index (χ0) is 21.0. The van der Waals surface area contributed by atoms with Crippen LogP contribution in [-0.4, -0.2) is 50.3 Å². The molecule has 2 aliphatic carbocycles. The minimum absolute atomic E-state index is 0.0126. The zero-order valence-corrected chi connectivity index (χ0v) is 12.2. The number of rotatable bonds is 2. The monoisotopic (exact) mass is 306 g/mol. The summed E-state index contributed by atoms with van der Waals surface area (Å²) in [5, 5.41) is 4.76. The van der Waals surface area contributed by atoms with E-state index in [0.29, 0.717) is 18.5 Å². The highest BCUT2D eigenvalue weighted by Gasteiger charge is 2.64. The fourth-order valence-electron chi connectivity index (χ4n) is 4.61. The van der Waals surface area contributed by atoms with E-state index < -0.39 is 36.5 Å². The molecule has 2 aliphatic heterocycles. The average molecular weight is 306 g/mol. The maximum atomic E-state index is 9.46. The molecule has 1 N–H and O–H groups in total. The van der Waals surface area contributed by atoms with Crippen molar-refractivity contribution in [3.05, 3.63) is 35.4 Å². The van der Waals surface area contributed by atoms with Gasteiger partial charge in [0.15, 0.2) is 11.5 Å². The molecule has 1 aromatic rings. The standard InChI is InChI=1S/C18H21NO3/c1-19-8-7-18-11-4-5-13(20)17(18)22-16-14(21-2)6-3-10(15(16)18)9-12(11)19/h3-6,11-13,17,20H,7-9H2,1-2H3/t11-,12+,13?,17?,18-/m0/s1/i2D3,11D,12D,13D,20D. The summed E-state index contributed by atoms with van der Waals surface area (Å²) in [5.41, 5.74) is 0.260. The molecule has 1 fully saturated rings. The van der Waals surface area contributed by atoms with Crippen LogP contribution in [0.25, 0.3) is 0 Å². The van der Waals surface area contributed by atoms with Gasteiger partial charge < -0.3 is 19.5 Å². The molecule has 1 saturated heterocycles. The quantitative estimate of drug-likeness (QED) is 0.841. The van der Waals surface area contributed by atoms with Gasteiger partial charge in [0, 0.05) is 25.6 Å². The maximum absolute atomic E-state index is 9.46. The second-order valence-electron chi connectivity index (χ2n) is 6.44. The highest BCUT2D eigenvalue weighted by molar-refractivity contribution is 5.62. The van der Waals surface area contributed by atoms with E-state index in [2.05, 4.69) is 0 Å². The van der Waals surface area contributed by atoms with Crippen LogP contribution >= 0.6 is 0 Å². The largest absolute Gasteiger partial charge is 0.493 e. The molecule has 2 heterocycles. The summed E-state index contributed by atoms with van der Waals surface area (Å²) in [6.45, 7) is 0.495. The fourth-order valence-corrected chi connectivity index (χ4v) is 4.61. The minimum Gasteiger partial charge on any atom is -0.493 e. The minimum atomic E-state index is -2.69. The molecular weight excluding hydrogens is 278 g/mol. The summed E-state index contributed by atoms with van der Waals surface area (Å²) >= 11 is 0. The maximum Gasteiger partial charge on any atom is 0.211 e. The second kappa shape index (κ2) is 4.06. The Kier molecular flexibility index (Phi) is 1.45. The van der Waals surface area contributed by atoms with E-state index in [4.69, 9.17) is 21.5 Å². The predicted octanol–water partition coefficient (Wildman–Crippen LogP) is 1.50. The number of ether oxygens (including phenoxy) is 2. The van der Waals surface area contributed by atoms with Crippen LogP contribution in [0.15, 0.2) is 24.3 Å². The summed E-state index contributed by atoms with van der Waals surface area (Å²) in [4.78, 5) is 1.85. The molecule has 0 aromatic heterocycles. The van der Waals surface area contributed by atoms with Gasteiger partial charge in [-0.25, -0.2) is 0 Å². The summed E-state index contributed by atoms with van der Waals surface area (Å²) in [6, 6.07) is 1.92. The molecule has 4 nitrogen and oxygen atoms in total. The van der Waals surface area contributed by atoms with Crippen LogP contribution in [-0.2, 0) is 11.8 Å². The van der Waals surface area contributed by atoms with Gasteiger partial charge >= 0.3 is 0 Å². The van der Waals surface area contributed by atoms with E-state index >= 15 is 0 Å². The number of benzene rings is 1. The molecule has 4 aliphatic rings. The summed E-state index contributed by atoms with van der Waals surface area (Å²) < 4.78 is 68.6. The van der Waals surface area contributed by atoms with Gasteiger partial charge in [0.05, 0.1) is 12.5 Å². The number of hydrogen-bond donors (Lipinski definition) is 1. The number of aliphatic hydroxyl groups is 1. The van der Waals surface area contributed by atoms with Crippen molar-refractivity contribution in [1.82, 2.24) is 4.90 Å². The topological polar surface area (TPSA) is 41.9 Å².